The summed E-state index contributed by atoms with van der Waals surface area (Å²) in [6.45, 7) is 2.52. The van der Waals surface area contributed by atoms with Gasteiger partial charge in [-0.3, -0.25) is 14.7 Å². The Labute approximate surface area is 201 Å². The second-order valence-electron chi connectivity index (χ2n) is 7.34. The average Bonchev–Trinajstić information content (AvgIpc) is 3.41. The highest BCUT2D eigenvalue weighted by Crippen LogP contribution is 2.29. The van der Waals surface area contributed by atoms with Crippen molar-refractivity contribution in [1.29, 1.82) is 0 Å². The zero-order chi connectivity index (χ0) is 22.3. The number of nitrogens with zero attached hydrogens (tertiary/aromatic N) is 2. The second-order valence-corrected chi connectivity index (χ2v) is 7.34. The second kappa shape index (κ2) is 12.1. The normalized spacial score (nSPS) is 17.0. The van der Waals surface area contributed by atoms with Crippen molar-refractivity contribution in [2.24, 2.45) is 4.99 Å². The molecule has 1 atom stereocenters. The van der Waals surface area contributed by atoms with Gasteiger partial charge in [-0.2, -0.15) is 13.2 Å². The van der Waals surface area contributed by atoms with Crippen molar-refractivity contribution in [2.45, 2.75) is 31.7 Å². The third-order valence-corrected chi connectivity index (χ3v) is 4.98. The van der Waals surface area contributed by atoms with E-state index in [1.807, 2.05) is 0 Å². The van der Waals surface area contributed by atoms with Crippen LogP contribution in [0.2, 0.25) is 0 Å². The van der Waals surface area contributed by atoms with E-state index < -0.39 is 11.7 Å². The Hall–Kier alpha value is -2.28. The van der Waals surface area contributed by atoms with Gasteiger partial charge in [0.15, 0.2) is 5.96 Å². The molecule has 2 heterocycles. The van der Waals surface area contributed by atoms with Crippen molar-refractivity contribution in [2.75, 3.05) is 26.7 Å². The number of aliphatic imine (C=N–C) groups is 1. The fourth-order valence-corrected chi connectivity index (χ4v) is 3.36. The summed E-state index contributed by atoms with van der Waals surface area (Å²) in [4.78, 5) is 18.3. The maximum Gasteiger partial charge on any atom is 0.416 e. The Balaban J connectivity index is 0.00000363. The Bertz CT molecular complexity index is 873. The Morgan fingerprint density at radius 3 is 2.59 bits per heavy atom. The first-order chi connectivity index (χ1) is 14.8. The minimum atomic E-state index is -4.32. The lowest BCUT2D eigenvalue weighted by molar-refractivity contribution is -0.137. The largest absolute Gasteiger partial charge is 0.467 e. The molecule has 7 nitrogen and oxygen atoms in total. The van der Waals surface area contributed by atoms with Crippen LogP contribution < -0.4 is 16.0 Å². The number of carbonyl (C=O) groups is 1. The summed E-state index contributed by atoms with van der Waals surface area (Å²) in [6, 6.07) is 8.94. The molecule has 11 heteroatoms. The number of amides is 1. The van der Waals surface area contributed by atoms with Crippen LogP contribution in [-0.2, 0) is 24.1 Å². The fraction of sp³-hybridized carbons (Fsp3) is 0.429. The quantitative estimate of drug-likeness (QED) is 0.274. The molecular weight excluding hydrogens is 538 g/mol. The van der Waals surface area contributed by atoms with E-state index >= 15 is 0 Å². The predicted octanol–water partition coefficient (Wildman–Crippen LogP) is 2.97. The van der Waals surface area contributed by atoms with Gasteiger partial charge in [0, 0.05) is 32.7 Å². The van der Waals surface area contributed by atoms with Crippen molar-refractivity contribution < 1.29 is 22.4 Å². The number of rotatable bonds is 7. The van der Waals surface area contributed by atoms with E-state index in [9.17, 15) is 18.0 Å². The summed E-state index contributed by atoms with van der Waals surface area (Å²) in [6.07, 6.45) is -1.90. The third-order valence-electron chi connectivity index (χ3n) is 4.98. The Morgan fingerprint density at radius 2 is 1.97 bits per heavy atom. The lowest BCUT2D eigenvalue weighted by atomic mass is 10.1. The number of alkyl halides is 3. The summed E-state index contributed by atoms with van der Waals surface area (Å²) >= 11 is 0. The number of benzene rings is 1. The van der Waals surface area contributed by atoms with Crippen molar-refractivity contribution in [3.63, 3.8) is 0 Å². The van der Waals surface area contributed by atoms with Gasteiger partial charge >= 0.3 is 6.18 Å². The molecule has 3 rings (SSSR count). The minimum Gasteiger partial charge on any atom is -0.467 e. The van der Waals surface area contributed by atoms with Gasteiger partial charge < -0.3 is 20.4 Å². The van der Waals surface area contributed by atoms with E-state index in [0.717, 1.165) is 37.2 Å². The molecule has 0 saturated carbocycles. The molecule has 0 aliphatic carbocycles. The van der Waals surface area contributed by atoms with E-state index in [4.69, 9.17) is 4.42 Å². The molecular formula is C21H27F3IN5O2. The minimum absolute atomic E-state index is 0. The first-order valence-electron chi connectivity index (χ1n) is 9.98. The SMILES string of the molecule is CN=C(NCC(=O)NCc1ccco1)NC1CCN(Cc2ccc(C(F)(F)F)cc2)C1.I. The molecule has 1 unspecified atom stereocenters. The van der Waals surface area contributed by atoms with E-state index in [1.165, 1.54) is 12.1 Å². The maximum atomic E-state index is 12.7. The summed E-state index contributed by atoms with van der Waals surface area (Å²) in [7, 11) is 1.63. The number of halogens is 4. The number of carbonyl (C=O) groups excluding carboxylic acids is 1. The van der Waals surface area contributed by atoms with E-state index in [1.54, 1.807) is 25.4 Å². The molecule has 1 aromatic carbocycles. The molecule has 0 radical (unpaired) electrons. The molecule has 1 aromatic heterocycles. The number of furan rings is 1. The molecule has 1 saturated heterocycles. The highest BCUT2D eigenvalue weighted by atomic mass is 127. The van der Waals surface area contributed by atoms with Crippen LogP contribution in [0.1, 0.15) is 23.3 Å². The van der Waals surface area contributed by atoms with Crippen LogP contribution in [0.15, 0.2) is 52.1 Å². The van der Waals surface area contributed by atoms with Gasteiger partial charge in [0.1, 0.15) is 5.76 Å². The number of hydrogen-bond acceptors (Lipinski definition) is 4. The molecule has 2 aromatic rings. The van der Waals surface area contributed by atoms with E-state index in [-0.39, 0.29) is 42.5 Å². The summed E-state index contributed by atoms with van der Waals surface area (Å²) in [5.74, 6) is 1.01. The molecule has 1 amide bonds. The summed E-state index contributed by atoms with van der Waals surface area (Å²) < 4.78 is 43.2. The number of guanidine groups is 1. The average molecular weight is 565 g/mol. The first kappa shape index (κ1) is 26.0. The predicted molar refractivity (Wildman–Crippen MR) is 126 cm³/mol. The molecule has 32 heavy (non-hydrogen) atoms. The molecule has 1 fully saturated rings. The van der Waals surface area contributed by atoms with Crippen molar-refractivity contribution in [3.05, 3.63) is 59.5 Å². The molecule has 0 bridgehead atoms. The van der Waals surface area contributed by atoms with Crippen molar-refractivity contribution in [3.8, 4) is 0 Å². The summed E-state index contributed by atoms with van der Waals surface area (Å²) in [5, 5.41) is 9.02. The molecule has 1 aliphatic rings. The lowest BCUT2D eigenvalue weighted by Gasteiger charge is -2.19. The van der Waals surface area contributed by atoms with Crippen LogP contribution in [0.5, 0.6) is 0 Å². The zero-order valence-electron chi connectivity index (χ0n) is 17.6. The third kappa shape index (κ3) is 8.01. The topological polar surface area (TPSA) is 81.9 Å². The van der Waals surface area contributed by atoms with Gasteiger partial charge in [0.05, 0.1) is 24.9 Å². The van der Waals surface area contributed by atoms with Crippen LogP contribution >= 0.6 is 24.0 Å². The highest BCUT2D eigenvalue weighted by molar-refractivity contribution is 14.0. The van der Waals surface area contributed by atoms with Gasteiger partial charge in [-0.05, 0) is 36.2 Å². The molecule has 3 N–H and O–H groups in total. The van der Waals surface area contributed by atoms with E-state index in [2.05, 4.69) is 25.8 Å². The number of nitrogens with one attached hydrogen (secondary N) is 3. The first-order valence-corrected chi connectivity index (χ1v) is 9.98. The zero-order valence-corrected chi connectivity index (χ0v) is 19.9. The van der Waals surface area contributed by atoms with Crippen LogP contribution in [0.3, 0.4) is 0 Å². The monoisotopic (exact) mass is 565 g/mol. The lowest BCUT2D eigenvalue weighted by Crippen LogP contribution is -2.47. The van der Waals surface area contributed by atoms with Gasteiger partial charge in [-0.15, -0.1) is 24.0 Å². The van der Waals surface area contributed by atoms with E-state index in [0.29, 0.717) is 24.8 Å². The van der Waals surface area contributed by atoms with Gasteiger partial charge in [0.25, 0.3) is 0 Å². The van der Waals surface area contributed by atoms with Gasteiger partial charge in [-0.25, -0.2) is 0 Å². The molecule has 176 valence electrons. The van der Waals surface area contributed by atoms with Gasteiger partial charge in [-0.1, -0.05) is 12.1 Å². The van der Waals surface area contributed by atoms with Crippen molar-refractivity contribution in [1.82, 2.24) is 20.9 Å². The van der Waals surface area contributed by atoms with Crippen LogP contribution in [-0.4, -0.2) is 49.5 Å². The standard InChI is InChI=1S/C21H26F3N5O2.HI/c1-25-20(27-12-19(30)26-11-18-3-2-10-31-18)28-17-8-9-29(14-17)13-15-4-6-16(7-5-15)21(22,23)24;/h2-7,10,17H,8-9,11-14H2,1H3,(H,26,30)(H2,25,27,28);1H. The summed E-state index contributed by atoms with van der Waals surface area (Å²) in [5.41, 5.74) is 0.199. The number of hydrogen-bond donors (Lipinski definition) is 3. The van der Waals surface area contributed by atoms with Crippen LogP contribution in [0, 0.1) is 0 Å². The van der Waals surface area contributed by atoms with Crippen LogP contribution in [0.4, 0.5) is 13.2 Å². The Kier molecular flexibility index (Phi) is 9.82. The number of likely N-dealkylation sites (tertiary alicyclic amines) is 1. The van der Waals surface area contributed by atoms with Gasteiger partial charge in [0.2, 0.25) is 5.91 Å². The molecule has 1 aliphatic heterocycles. The smallest absolute Gasteiger partial charge is 0.416 e. The maximum absolute atomic E-state index is 12.7. The fourth-order valence-electron chi connectivity index (χ4n) is 3.36. The van der Waals surface area contributed by atoms with Crippen molar-refractivity contribution >= 4 is 35.8 Å². The molecule has 0 spiro atoms. The van der Waals surface area contributed by atoms with Crippen LogP contribution in [0.25, 0.3) is 0 Å². The Morgan fingerprint density at radius 1 is 1.22 bits per heavy atom. The highest BCUT2D eigenvalue weighted by Gasteiger charge is 2.30.